The Morgan fingerprint density at radius 1 is 1.30 bits per heavy atom. The van der Waals surface area contributed by atoms with Crippen molar-refractivity contribution >= 4 is 17.7 Å². The number of hydrogen-bond acceptors (Lipinski definition) is 8. The number of carbonyl (C=O) groups is 2. The molecule has 2 aliphatic rings. The first-order chi connectivity index (χ1) is 11.0. The quantitative estimate of drug-likeness (QED) is 0.672. The smallest absolute Gasteiger partial charge is 0.351 e. The van der Waals surface area contributed by atoms with E-state index in [-0.39, 0.29) is 6.29 Å². The van der Waals surface area contributed by atoms with Crippen LogP contribution in [0.15, 0.2) is 5.16 Å². The summed E-state index contributed by atoms with van der Waals surface area (Å²) in [6.45, 7) is 2.57. The molecule has 8 heteroatoms. The van der Waals surface area contributed by atoms with Crippen LogP contribution in [0.1, 0.15) is 32.6 Å². The van der Waals surface area contributed by atoms with E-state index < -0.39 is 23.5 Å². The molecule has 0 amide bonds. The van der Waals surface area contributed by atoms with Gasteiger partial charge in [-0.15, -0.1) is 0 Å². The lowest BCUT2D eigenvalue weighted by atomic mass is 9.78. The number of rotatable bonds is 6. The first-order valence-corrected chi connectivity index (χ1v) is 7.66. The van der Waals surface area contributed by atoms with E-state index in [2.05, 4.69) is 9.89 Å². The zero-order valence-electron chi connectivity index (χ0n) is 13.7. The van der Waals surface area contributed by atoms with Crippen molar-refractivity contribution in [2.75, 3.05) is 27.4 Å². The van der Waals surface area contributed by atoms with Crippen LogP contribution in [0.5, 0.6) is 0 Å². The van der Waals surface area contributed by atoms with Gasteiger partial charge in [0, 0.05) is 13.0 Å². The van der Waals surface area contributed by atoms with Gasteiger partial charge in [-0.3, -0.25) is 4.79 Å². The molecule has 0 radical (unpaired) electrons. The summed E-state index contributed by atoms with van der Waals surface area (Å²) in [5.41, 5.74) is -0.922. The zero-order chi connectivity index (χ0) is 16.9. The lowest BCUT2D eigenvalue weighted by molar-refractivity contribution is -0.168. The number of hydrogen-bond donors (Lipinski definition) is 0. The van der Waals surface area contributed by atoms with Crippen LogP contribution in [0, 0.1) is 5.41 Å². The van der Waals surface area contributed by atoms with E-state index in [1.54, 1.807) is 6.92 Å². The predicted octanol–water partition coefficient (Wildman–Crippen LogP) is 1.03. The standard InChI is InChI=1S/C15H23NO7/c1-15(14(18)20-3)10(16-23-12(15)13(17)19-2)7-9-22-11-6-4-5-8-21-11/h11-12H,4-9H2,1-3H3/t11?,12-,15-/m0/s1. The molecule has 1 unspecified atom stereocenters. The highest BCUT2D eigenvalue weighted by Crippen LogP contribution is 2.35. The number of nitrogens with zero attached hydrogens (tertiary/aromatic N) is 1. The third kappa shape index (κ3) is 3.64. The van der Waals surface area contributed by atoms with Crippen LogP contribution in [0.4, 0.5) is 0 Å². The van der Waals surface area contributed by atoms with Crippen molar-refractivity contribution in [1.29, 1.82) is 0 Å². The van der Waals surface area contributed by atoms with Crippen LogP contribution in [-0.4, -0.2) is 57.5 Å². The summed E-state index contributed by atoms with van der Waals surface area (Å²) in [7, 11) is 2.48. The Kier molecular flexibility index (Phi) is 5.95. The minimum absolute atomic E-state index is 0.229. The van der Waals surface area contributed by atoms with Crippen molar-refractivity contribution in [2.45, 2.75) is 45.0 Å². The molecule has 0 bridgehead atoms. The second-order valence-electron chi connectivity index (χ2n) is 5.66. The largest absolute Gasteiger partial charge is 0.468 e. The molecule has 0 aromatic heterocycles. The fraction of sp³-hybridized carbons (Fsp3) is 0.800. The van der Waals surface area contributed by atoms with E-state index in [1.807, 2.05) is 0 Å². The van der Waals surface area contributed by atoms with Gasteiger partial charge in [0.2, 0.25) is 6.10 Å². The average Bonchev–Trinajstić information content (AvgIpc) is 2.92. The minimum atomic E-state index is -1.32. The number of esters is 2. The van der Waals surface area contributed by atoms with E-state index in [0.29, 0.717) is 25.3 Å². The van der Waals surface area contributed by atoms with Gasteiger partial charge in [-0.2, -0.15) is 0 Å². The number of methoxy groups -OCH3 is 2. The van der Waals surface area contributed by atoms with Crippen LogP contribution in [0.25, 0.3) is 0 Å². The van der Waals surface area contributed by atoms with E-state index in [9.17, 15) is 9.59 Å². The fourth-order valence-electron chi connectivity index (χ4n) is 2.73. The van der Waals surface area contributed by atoms with Gasteiger partial charge in [-0.1, -0.05) is 5.16 Å². The number of oxime groups is 1. The van der Waals surface area contributed by atoms with Crippen molar-refractivity contribution in [3.8, 4) is 0 Å². The van der Waals surface area contributed by atoms with Crippen molar-refractivity contribution in [3.63, 3.8) is 0 Å². The first kappa shape index (κ1) is 17.7. The molecule has 130 valence electrons. The highest BCUT2D eigenvalue weighted by molar-refractivity contribution is 6.11. The van der Waals surface area contributed by atoms with E-state index in [1.165, 1.54) is 14.2 Å². The molecule has 0 N–H and O–H groups in total. The van der Waals surface area contributed by atoms with Gasteiger partial charge in [0.15, 0.2) is 11.7 Å². The summed E-state index contributed by atoms with van der Waals surface area (Å²) in [4.78, 5) is 29.1. The van der Waals surface area contributed by atoms with Gasteiger partial charge in [-0.05, 0) is 26.2 Å². The maximum atomic E-state index is 12.2. The predicted molar refractivity (Wildman–Crippen MR) is 78.6 cm³/mol. The van der Waals surface area contributed by atoms with Gasteiger partial charge in [0.05, 0.1) is 26.5 Å². The maximum absolute atomic E-state index is 12.2. The average molecular weight is 329 g/mol. The van der Waals surface area contributed by atoms with Crippen LogP contribution >= 0.6 is 0 Å². The third-order valence-electron chi connectivity index (χ3n) is 4.20. The summed E-state index contributed by atoms with van der Waals surface area (Å²) in [5.74, 6) is -1.27. The molecular formula is C15H23NO7. The summed E-state index contributed by atoms with van der Waals surface area (Å²) in [5, 5.41) is 3.89. The molecule has 1 saturated heterocycles. The summed E-state index contributed by atoms with van der Waals surface area (Å²) < 4.78 is 20.6. The summed E-state index contributed by atoms with van der Waals surface area (Å²) in [6.07, 6.45) is 1.91. The maximum Gasteiger partial charge on any atom is 0.351 e. The van der Waals surface area contributed by atoms with Crippen molar-refractivity contribution < 1.29 is 33.4 Å². The van der Waals surface area contributed by atoms with Crippen LogP contribution in [0.2, 0.25) is 0 Å². The molecular weight excluding hydrogens is 306 g/mol. The Bertz CT molecular complexity index is 472. The van der Waals surface area contributed by atoms with Crippen molar-refractivity contribution in [2.24, 2.45) is 10.6 Å². The second kappa shape index (κ2) is 7.74. The Morgan fingerprint density at radius 2 is 2.09 bits per heavy atom. The molecule has 2 heterocycles. The molecule has 2 aliphatic heterocycles. The van der Waals surface area contributed by atoms with E-state index >= 15 is 0 Å². The van der Waals surface area contributed by atoms with Gasteiger partial charge in [0.25, 0.3) is 0 Å². The third-order valence-corrected chi connectivity index (χ3v) is 4.20. The topological polar surface area (TPSA) is 92.7 Å². The lowest BCUT2D eigenvalue weighted by Crippen LogP contribution is -2.48. The SMILES string of the molecule is COC(=O)[C@@H]1ON=C(CCOC2CCCCO2)[C@]1(C)C(=O)OC. The molecule has 8 nitrogen and oxygen atoms in total. The van der Waals surface area contributed by atoms with Crippen LogP contribution in [0.3, 0.4) is 0 Å². The molecule has 0 aromatic rings. The lowest BCUT2D eigenvalue weighted by Gasteiger charge is -2.26. The molecule has 3 atom stereocenters. The van der Waals surface area contributed by atoms with E-state index in [0.717, 1.165) is 19.3 Å². The molecule has 0 aliphatic carbocycles. The zero-order valence-corrected chi connectivity index (χ0v) is 13.7. The van der Waals surface area contributed by atoms with Crippen molar-refractivity contribution in [3.05, 3.63) is 0 Å². The fourth-order valence-corrected chi connectivity index (χ4v) is 2.73. The van der Waals surface area contributed by atoms with Gasteiger partial charge in [0.1, 0.15) is 0 Å². The molecule has 0 aromatic carbocycles. The molecule has 23 heavy (non-hydrogen) atoms. The molecule has 0 saturated carbocycles. The normalized spacial score (nSPS) is 30.3. The molecule has 1 fully saturated rings. The van der Waals surface area contributed by atoms with Gasteiger partial charge in [-0.25, -0.2) is 4.79 Å². The monoisotopic (exact) mass is 329 g/mol. The van der Waals surface area contributed by atoms with E-state index in [4.69, 9.17) is 19.0 Å². The van der Waals surface area contributed by atoms with Gasteiger partial charge < -0.3 is 23.8 Å². The first-order valence-electron chi connectivity index (χ1n) is 7.66. The van der Waals surface area contributed by atoms with Crippen molar-refractivity contribution in [1.82, 2.24) is 0 Å². The Labute approximate surface area is 135 Å². The highest BCUT2D eigenvalue weighted by atomic mass is 16.7. The molecule has 0 spiro atoms. The summed E-state index contributed by atoms with van der Waals surface area (Å²) >= 11 is 0. The Morgan fingerprint density at radius 3 is 2.70 bits per heavy atom. The Hall–Kier alpha value is -1.67. The Balaban J connectivity index is 1.98. The minimum Gasteiger partial charge on any atom is -0.468 e. The number of carbonyl (C=O) groups excluding carboxylic acids is 2. The number of ether oxygens (including phenoxy) is 4. The second-order valence-corrected chi connectivity index (χ2v) is 5.66. The van der Waals surface area contributed by atoms with Gasteiger partial charge >= 0.3 is 11.9 Å². The van der Waals surface area contributed by atoms with Crippen LogP contribution in [-0.2, 0) is 33.4 Å². The molecule has 2 rings (SSSR count). The highest BCUT2D eigenvalue weighted by Gasteiger charge is 2.57. The van der Waals surface area contributed by atoms with Crippen LogP contribution < -0.4 is 0 Å². The summed E-state index contributed by atoms with van der Waals surface area (Å²) in [6, 6.07) is 0.